The van der Waals surface area contributed by atoms with Crippen molar-refractivity contribution in [2.75, 3.05) is 32.6 Å². The fourth-order valence-corrected chi connectivity index (χ4v) is 2.57. The number of hydrogen-bond donors (Lipinski definition) is 2. The molecule has 9 heteroatoms. The Morgan fingerprint density at radius 2 is 2.24 bits per heavy atom. The summed E-state index contributed by atoms with van der Waals surface area (Å²) in [5.41, 5.74) is 0.925. The Hall–Kier alpha value is -2.58. The Morgan fingerprint density at radius 1 is 1.44 bits per heavy atom. The number of aromatic nitrogens is 4. The number of aryl methyl sites for hydroxylation is 1. The number of anilines is 1. The van der Waals surface area contributed by atoms with E-state index >= 15 is 0 Å². The molecule has 0 atom stereocenters. The minimum absolute atomic E-state index is 0.156. The van der Waals surface area contributed by atoms with Gasteiger partial charge in [0.15, 0.2) is 11.5 Å². The third-order valence-electron chi connectivity index (χ3n) is 3.57. The minimum Gasteiger partial charge on any atom is -0.492 e. The average Bonchev–Trinajstić information content (AvgIpc) is 3.09. The van der Waals surface area contributed by atoms with Gasteiger partial charge in [0.2, 0.25) is 0 Å². The second-order valence-corrected chi connectivity index (χ2v) is 6.29. The van der Waals surface area contributed by atoms with Gasteiger partial charge in [-0.05, 0) is 26.2 Å². The van der Waals surface area contributed by atoms with E-state index in [2.05, 4.69) is 20.6 Å². The van der Waals surface area contributed by atoms with Gasteiger partial charge < -0.3 is 15.0 Å². The number of ether oxygens (including phenoxy) is 1. The molecule has 132 valence electrons. The highest BCUT2D eigenvalue weighted by Crippen LogP contribution is 2.25. The molecule has 2 heterocycles. The Kier molecular flexibility index (Phi) is 4.91. The Bertz CT molecular complexity index is 901. The first-order chi connectivity index (χ1) is 11.9. The van der Waals surface area contributed by atoms with Crippen LogP contribution in [-0.4, -0.2) is 58.0 Å². The van der Waals surface area contributed by atoms with Crippen LogP contribution in [0.2, 0.25) is 5.02 Å². The van der Waals surface area contributed by atoms with Crippen molar-refractivity contribution in [3.05, 3.63) is 35.1 Å². The number of hydrogen-bond acceptors (Lipinski definition) is 5. The van der Waals surface area contributed by atoms with Gasteiger partial charge in [0.05, 0.1) is 10.5 Å². The van der Waals surface area contributed by atoms with Gasteiger partial charge in [0.25, 0.3) is 5.91 Å². The van der Waals surface area contributed by atoms with Crippen LogP contribution in [0.25, 0.3) is 10.9 Å². The number of nitrogens with one attached hydrogen (secondary N) is 2. The zero-order valence-corrected chi connectivity index (χ0v) is 15.0. The molecule has 0 aliphatic heterocycles. The number of aromatic amines is 1. The molecule has 1 amide bonds. The summed E-state index contributed by atoms with van der Waals surface area (Å²) in [5, 5.41) is 14.9. The molecule has 0 saturated carbocycles. The third kappa shape index (κ3) is 3.92. The van der Waals surface area contributed by atoms with E-state index in [4.69, 9.17) is 16.3 Å². The van der Waals surface area contributed by atoms with Crippen molar-refractivity contribution in [3.8, 4) is 5.75 Å². The second-order valence-electron chi connectivity index (χ2n) is 5.88. The Balaban J connectivity index is 1.74. The van der Waals surface area contributed by atoms with Crippen molar-refractivity contribution in [1.29, 1.82) is 0 Å². The molecule has 0 radical (unpaired) electrons. The number of H-pyrrole nitrogens is 1. The van der Waals surface area contributed by atoms with Crippen molar-refractivity contribution in [1.82, 2.24) is 24.9 Å². The number of carbonyl (C=O) groups is 1. The van der Waals surface area contributed by atoms with Crippen LogP contribution in [0.15, 0.2) is 24.4 Å². The first-order valence-corrected chi connectivity index (χ1v) is 8.08. The van der Waals surface area contributed by atoms with Crippen LogP contribution in [0.4, 0.5) is 5.82 Å². The highest BCUT2D eigenvalue weighted by Gasteiger charge is 2.17. The van der Waals surface area contributed by atoms with Gasteiger partial charge in [-0.3, -0.25) is 14.6 Å². The number of amides is 1. The van der Waals surface area contributed by atoms with E-state index in [0.29, 0.717) is 12.4 Å². The van der Waals surface area contributed by atoms with Crippen LogP contribution in [0.3, 0.4) is 0 Å². The molecule has 2 aromatic heterocycles. The summed E-state index contributed by atoms with van der Waals surface area (Å²) in [5.74, 6) is 0.746. The summed E-state index contributed by atoms with van der Waals surface area (Å²) in [6.07, 6.45) is 1.57. The van der Waals surface area contributed by atoms with Gasteiger partial charge in [-0.1, -0.05) is 11.6 Å². The standard InChI is InChI=1S/C16H19ClN6O2/c1-22(2)6-7-25-10-4-5-11-13(8-10)19-20-15(11)18-16(24)14-12(17)9-23(3)21-14/h4-5,8-9H,6-7H2,1-3H3,(H2,18,19,20,24). The van der Waals surface area contributed by atoms with E-state index in [-0.39, 0.29) is 10.7 Å². The molecule has 1 aromatic carbocycles. The van der Waals surface area contributed by atoms with Gasteiger partial charge in [-0.15, -0.1) is 0 Å². The number of nitrogens with zero attached hydrogens (tertiary/aromatic N) is 4. The summed E-state index contributed by atoms with van der Waals surface area (Å²) in [6.45, 7) is 1.42. The largest absolute Gasteiger partial charge is 0.492 e. The monoisotopic (exact) mass is 362 g/mol. The number of carbonyl (C=O) groups excluding carboxylic acids is 1. The predicted molar refractivity (Wildman–Crippen MR) is 96.3 cm³/mol. The molecule has 0 bridgehead atoms. The maximum absolute atomic E-state index is 12.3. The van der Waals surface area contributed by atoms with Crippen LogP contribution in [0.1, 0.15) is 10.5 Å². The molecule has 0 fully saturated rings. The maximum Gasteiger partial charge on any atom is 0.278 e. The molecule has 3 aromatic rings. The van der Waals surface area contributed by atoms with Gasteiger partial charge in [0, 0.05) is 31.2 Å². The van der Waals surface area contributed by atoms with E-state index in [0.717, 1.165) is 23.2 Å². The lowest BCUT2D eigenvalue weighted by molar-refractivity contribution is 0.102. The van der Waals surface area contributed by atoms with E-state index < -0.39 is 5.91 Å². The average molecular weight is 363 g/mol. The normalized spacial score (nSPS) is 11.2. The number of rotatable bonds is 6. The Labute approximate surface area is 149 Å². The molecule has 0 aliphatic carbocycles. The molecule has 25 heavy (non-hydrogen) atoms. The Morgan fingerprint density at radius 3 is 2.92 bits per heavy atom. The predicted octanol–water partition coefficient (Wildman–Crippen LogP) is 2.14. The number of fused-ring (bicyclic) bond motifs is 1. The van der Waals surface area contributed by atoms with E-state index in [1.165, 1.54) is 4.68 Å². The van der Waals surface area contributed by atoms with Gasteiger partial charge >= 0.3 is 0 Å². The molecular weight excluding hydrogens is 344 g/mol. The second kappa shape index (κ2) is 7.12. The molecule has 2 N–H and O–H groups in total. The first kappa shape index (κ1) is 17.2. The third-order valence-corrected chi connectivity index (χ3v) is 3.85. The van der Waals surface area contributed by atoms with E-state index in [1.54, 1.807) is 13.2 Å². The number of halogens is 1. The molecule has 8 nitrogen and oxygen atoms in total. The van der Waals surface area contributed by atoms with Crippen molar-refractivity contribution >= 4 is 34.2 Å². The van der Waals surface area contributed by atoms with Gasteiger partial charge in [-0.2, -0.15) is 10.2 Å². The van der Waals surface area contributed by atoms with Crippen LogP contribution in [0, 0.1) is 0 Å². The topological polar surface area (TPSA) is 88.1 Å². The lowest BCUT2D eigenvalue weighted by Crippen LogP contribution is -2.19. The van der Waals surface area contributed by atoms with E-state index in [1.807, 2.05) is 37.2 Å². The van der Waals surface area contributed by atoms with Crippen molar-refractivity contribution in [3.63, 3.8) is 0 Å². The minimum atomic E-state index is -0.412. The molecule has 0 unspecified atom stereocenters. The maximum atomic E-state index is 12.3. The molecular formula is C16H19ClN6O2. The van der Waals surface area contributed by atoms with Crippen LogP contribution in [0.5, 0.6) is 5.75 Å². The summed E-state index contributed by atoms with van der Waals surface area (Å²) in [7, 11) is 5.68. The van der Waals surface area contributed by atoms with Crippen LogP contribution < -0.4 is 10.1 Å². The highest BCUT2D eigenvalue weighted by molar-refractivity contribution is 6.34. The summed E-state index contributed by atoms with van der Waals surface area (Å²) >= 11 is 6.00. The SMILES string of the molecule is CN(C)CCOc1ccc2c(NC(=O)c3nn(C)cc3Cl)n[nH]c2c1. The molecule has 3 rings (SSSR count). The zero-order chi connectivity index (χ0) is 18.0. The summed E-state index contributed by atoms with van der Waals surface area (Å²) in [4.78, 5) is 14.4. The fraction of sp³-hybridized carbons (Fsp3) is 0.312. The van der Waals surface area contributed by atoms with Crippen LogP contribution in [-0.2, 0) is 7.05 Å². The molecule has 0 saturated heterocycles. The fourth-order valence-electron chi connectivity index (χ4n) is 2.31. The number of benzene rings is 1. The molecule has 0 aliphatic rings. The zero-order valence-electron chi connectivity index (χ0n) is 14.2. The molecule has 0 spiro atoms. The van der Waals surface area contributed by atoms with Crippen molar-refractivity contribution in [2.45, 2.75) is 0 Å². The summed E-state index contributed by atoms with van der Waals surface area (Å²) in [6, 6.07) is 5.54. The van der Waals surface area contributed by atoms with Gasteiger partial charge in [-0.25, -0.2) is 0 Å². The van der Waals surface area contributed by atoms with E-state index in [9.17, 15) is 4.79 Å². The number of likely N-dealkylation sites (N-methyl/N-ethyl adjacent to an activating group) is 1. The van der Waals surface area contributed by atoms with Gasteiger partial charge in [0.1, 0.15) is 12.4 Å². The lowest BCUT2D eigenvalue weighted by Gasteiger charge is -2.10. The smallest absolute Gasteiger partial charge is 0.278 e. The van der Waals surface area contributed by atoms with Crippen molar-refractivity contribution < 1.29 is 9.53 Å². The lowest BCUT2D eigenvalue weighted by atomic mass is 10.2. The first-order valence-electron chi connectivity index (χ1n) is 7.70. The van der Waals surface area contributed by atoms with Crippen molar-refractivity contribution in [2.24, 2.45) is 7.05 Å². The quantitative estimate of drug-likeness (QED) is 0.701. The van der Waals surface area contributed by atoms with Crippen LogP contribution >= 0.6 is 11.6 Å². The highest BCUT2D eigenvalue weighted by atomic mass is 35.5. The summed E-state index contributed by atoms with van der Waals surface area (Å²) < 4.78 is 7.18.